The fourth-order valence-electron chi connectivity index (χ4n) is 4.02. The highest BCUT2D eigenvalue weighted by molar-refractivity contribution is 5.77. The fraction of sp³-hybridized carbons (Fsp3) is 0.286. The summed E-state index contributed by atoms with van der Waals surface area (Å²) in [5.74, 6) is 1.75. The largest absolute Gasteiger partial charge is 0.484 e. The molecular formula is C28H31N3O2. The van der Waals surface area contributed by atoms with Gasteiger partial charge < -0.3 is 14.6 Å². The van der Waals surface area contributed by atoms with Crippen molar-refractivity contribution in [1.29, 1.82) is 0 Å². The molecule has 0 aliphatic rings. The van der Waals surface area contributed by atoms with Gasteiger partial charge in [-0.3, -0.25) is 4.79 Å². The van der Waals surface area contributed by atoms with E-state index in [0.717, 1.165) is 43.6 Å². The third-order valence-corrected chi connectivity index (χ3v) is 5.67. The van der Waals surface area contributed by atoms with Crippen molar-refractivity contribution in [3.63, 3.8) is 0 Å². The molecule has 1 aromatic heterocycles. The number of fused-ring (bicyclic) bond motifs is 1. The molecule has 0 fully saturated rings. The zero-order chi connectivity index (χ0) is 22.9. The minimum absolute atomic E-state index is 0.0486. The lowest BCUT2D eigenvalue weighted by molar-refractivity contribution is -0.123. The van der Waals surface area contributed by atoms with E-state index in [1.54, 1.807) is 0 Å². The Labute approximate surface area is 195 Å². The van der Waals surface area contributed by atoms with Gasteiger partial charge in [-0.25, -0.2) is 4.98 Å². The first kappa shape index (κ1) is 22.6. The molecule has 4 rings (SSSR count). The summed E-state index contributed by atoms with van der Waals surface area (Å²) in [6.07, 6.45) is 3.93. The number of carbonyl (C=O) groups is 1. The summed E-state index contributed by atoms with van der Waals surface area (Å²) < 4.78 is 7.82. The molecule has 33 heavy (non-hydrogen) atoms. The van der Waals surface area contributed by atoms with Crippen molar-refractivity contribution in [2.75, 3.05) is 13.2 Å². The van der Waals surface area contributed by atoms with Crippen LogP contribution in [-0.4, -0.2) is 28.6 Å². The molecule has 0 unspecified atom stereocenters. The highest BCUT2D eigenvalue weighted by atomic mass is 16.5. The first-order chi connectivity index (χ1) is 16.2. The van der Waals surface area contributed by atoms with Crippen LogP contribution in [0.15, 0.2) is 78.9 Å². The van der Waals surface area contributed by atoms with E-state index >= 15 is 0 Å². The summed E-state index contributed by atoms with van der Waals surface area (Å²) in [5, 5.41) is 2.94. The van der Waals surface area contributed by atoms with E-state index in [0.29, 0.717) is 12.3 Å². The predicted octanol–water partition coefficient (Wildman–Crippen LogP) is 5.30. The average Bonchev–Trinajstić information content (AvgIpc) is 3.18. The molecule has 0 atom stereocenters. The number of rotatable bonds is 11. The van der Waals surface area contributed by atoms with Crippen LogP contribution in [-0.2, 0) is 17.8 Å². The van der Waals surface area contributed by atoms with Crippen molar-refractivity contribution in [2.45, 2.75) is 39.2 Å². The third-order valence-electron chi connectivity index (χ3n) is 5.67. The Bertz CT molecular complexity index is 1180. The molecule has 3 aromatic carbocycles. The number of aromatic nitrogens is 2. The Morgan fingerprint density at radius 1 is 0.939 bits per heavy atom. The number of unbranched alkanes of at least 4 members (excludes halogenated alkanes) is 2. The number of benzene rings is 3. The van der Waals surface area contributed by atoms with Crippen molar-refractivity contribution in [3.8, 4) is 5.75 Å². The van der Waals surface area contributed by atoms with Gasteiger partial charge in [-0.1, -0.05) is 66.6 Å². The van der Waals surface area contributed by atoms with Crippen LogP contribution in [0.2, 0.25) is 0 Å². The van der Waals surface area contributed by atoms with Crippen LogP contribution in [0, 0.1) is 6.92 Å². The number of hydrogen-bond acceptors (Lipinski definition) is 3. The number of imidazole rings is 1. The molecule has 1 N–H and O–H groups in total. The van der Waals surface area contributed by atoms with Gasteiger partial charge in [0.05, 0.1) is 11.0 Å². The van der Waals surface area contributed by atoms with E-state index in [2.05, 4.69) is 59.3 Å². The van der Waals surface area contributed by atoms with E-state index in [9.17, 15) is 4.79 Å². The first-order valence-corrected chi connectivity index (χ1v) is 11.6. The van der Waals surface area contributed by atoms with Crippen LogP contribution >= 0.6 is 0 Å². The Balaban J connectivity index is 1.25. The van der Waals surface area contributed by atoms with Crippen LogP contribution in [0.5, 0.6) is 5.75 Å². The number of nitrogens with one attached hydrogen (secondary N) is 1. The summed E-state index contributed by atoms with van der Waals surface area (Å²) in [6.45, 7) is 3.67. The molecule has 0 saturated heterocycles. The van der Waals surface area contributed by atoms with Crippen molar-refractivity contribution < 1.29 is 9.53 Å². The van der Waals surface area contributed by atoms with Gasteiger partial charge in [0, 0.05) is 19.5 Å². The highest BCUT2D eigenvalue weighted by Crippen LogP contribution is 2.20. The minimum atomic E-state index is -0.0844. The maximum absolute atomic E-state index is 12.0. The van der Waals surface area contributed by atoms with E-state index in [4.69, 9.17) is 9.72 Å². The van der Waals surface area contributed by atoms with Crippen molar-refractivity contribution >= 4 is 16.9 Å². The van der Waals surface area contributed by atoms with E-state index < -0.39 is 0 Å². The zero-order valence-corrected chi connectivity index (χ0v) is 19.2. The predicted molar refractivity (Wildman–Crippen MR) is 133 cm³/mol. The lowest BCUT2D eigenvalue weighted by Gasteiger charge is -2.10. The highest BCUT2D eigenvalue weighted by Gasteiger charge is 2.11. The van der Waals surface area contributed by atoms with Crippen LogP contribution in [0.4, 0.5) is 0 Å². The number of ether oxygens (including phenoxy) is 1. The molecule has 1 heterocycles. The Hall–Kier alpha value is -3.60. The lowest BCUT2D eigenvalue weighted by Crippen LogP contribution is -2.29. The van der Waals surface area contributed by atoms with Crippen molar-refractivity contribution in [2.24, 2.45) is 0 Å². The number of nitrogens with zero attached hydrogens (tertiary/aromatic N) is 2. The van der Waals surface area contributed by atoms with Crippen LogP contribution in [0.25, 0.3) is 11.0 Å². The van der Waals surface area contributed by atoms with Gasteiger partial charge in [-0.05, 0) is 49.6 Å². The monoisotopic (exact) mass is 441 g/mol. The number of para-hydroxylation sites is 3. The molecule has 0 radical (unpaired) electrons. The van der Waals surface area contributed by atoms with Gasteiger partial charge in [0.1, 0.15) is 11.6 Å². The molecule has 0 aliphatic heterocycles. The van der Waals surface area contributed by atoms with E-state index in [1.807, 2.05) is 36.4 Å². The van der Waals surface area contributed by atoms with Crippen molar-refractivity contribution in [1.82, 2.24) is 14.9 Å². The Morgan fingerprint density at radius 3 is 2.61 bits per heavy atom. The second-order valence-corrected chi connectivity index (χ2v) is 8.35. The molecule has 0 bridgehead atoms. The Kier molecular flexibility index (Phi) is 7.75. The molecule has 1 amide bonds. The average molecular weight is 442 g/mol. The Morgan fingerprint density at radius 2 is 1.76 bits per heavy atom. The quantitative estimate of drug-likeness (QED) is 0.321. The van der Waals surface area contributed by atoms with E-state index in [-0.39, 0.29) is 12.5 Å². The van der Waals surface area contributed by atoms with Gasteiger partial charge in [-0.2, -0.15) is 0 Å². The van der Waals surface area contributed by atoms with Gasteiger partial charge in [0.2, 0.25) is 0 Å². The number of aryl methyl sites for hydroxylation is 2. The molecule has 0 saturated carbocycles. The number of amides is 1. The van der Waals surface area contributed by atoms with Crippen molar-refractivity contribution in [3.05, 3.63) is 95.8 Å². The second-order valence-electron chi connectivity index (χ2n) is 8.35. The summed E-state index contributed by atoms with van der Waals surface area (Å²) in [7, 11) is 0. The van der Waals surface area contributed by atoms with Crippen LogP contribution in [0.3, 0.4) is 0 Å². The number of carbonyl (C=O) groups excluding carboxylic acids is 1. The normalized spacial score (nSPS) is 10.9. The zero-order valence-electron chi connectivity index (χ0n) is 19.2. The molecule has 5 heteroatoms. The second kappa shape index (κ2) is 11.3. The third kappa shape index (κ3) is 6.45. The smallest absolute Gasteiger partial charge is 0.257 e. The minimum Gasteiger partial charge on any atom is -0.484 e. The van der Waals surface area contributed by atoms with Crippen LogP contribution < -0.4 is 10.1 Å². The van der Waals surface area contributed by atoms with Gasteiger partial charge >= 0.3 is 0 Å². The van der Waals surface area contributed by atoms with Gasteiger partial charge in [0.25, 0.3) is 5.91 Å². The van der Waals surface area contributed by atoms with Crippen LogP contribution in [0.1, 0.15) is 36.2 Å². The van der Waals surface area contributed by atoms with Gasteiger partial charge in [-0.15, -0.1) is 0 Å². The summed E-state index contributed by atoms with van der Waals surface area (Å²) in [6, 6.07) is 26.4. The van der Waals surface area contributed by atoms with E-state index in [1.165, 1.54) is 16.6 Å². The number of hydrogen-bond donors (Lipinski definition) is 1. The first-order valence-electron chi connectivity index (χ1n) is 11.6. The molecule has 5 nitrogen and oxygen atoms in total. The SMILES string of the molecule is Cc1cccc(Cn2c(CCCCCNC(=O)COc3ccccc3)nc3ccccc32)c1. The maximum Gasteiger partial charge on any atom is 0.257 e. The lowest BCUT2D eigenvalue weighted by atomic mass is 10.1. The fourth-order valence-corrected chi connectivity index (χ4v) is 4.02. The molecule has 0 aliphatic carbocycles. The molecule has 0 spiro atoms. The topological polar surface area (TPSA) is 56.2 Å². The summed E-state index contributed by atoms with van der Waals surface area (Å²) in [4.78, 5) is 16.9. The molecular weight excluding hydrogens is 410 g/mol. The van der Waals surface area contributed by atoms with Gasteiger partial charge in [0.15, 0.2) is 6.61 Å². The molecule has 4 aromatic rings. The maximum atomic E-state index is 12.0. The summed E-state index contributed by atoms with van der Waals surface area (Å²) in [5.41, 5.74) is 4.79. The summed E-state index contributed by atoms with van der Waals surface area (Å²) >= 11 is 0. The molecule has 170 valence electrons. The standard InChI is InChI=1S/C28H31N3O2/c1-22-11-10-12-23(19-22)20-31-26-16-8-7-15-25(26)30-27(31)17-6-3-9-18-29-28(32)21-33-24-13-4-2-5-14-24/h2,4-5,7-8,10-16,19H,3,6,9,17-18,20-21H2,1H3,(H,29,32).